The zero-order valence-electron chi connectivity index (χ0n) is 5.35. The van der Waals surface area contributed by atoms with Crippen LogP contribution in [-0.2, 0) is 9.59 Å². The summed E-state index contributed by atoms with van der Waals surface area (Å²) in [6.07, 6.45) is 0. The molecule has 1 rings (SSSR count). The van der Waals surface area contributed by atoms with E-state index in [0.717, 1.165) is 0 Å². The van der Waals surface area contributed by atoms with Crippen molar-refractivity contribution in [3.05, 3.63) is 10.6 Å². The Labute approximate surface area is 66.6 Å². The minimum atomic E-state index is -0.313. The van der Waals surface area contributed by atoms with E-state index in [-0.39, 0.29) is 17.7 Å². The van der Waals surface area contributed by atoms with Crippen molar-refractivity contribution in [1.82, 2.24) is 5.32 Å². The summed E-state index contributed by atoms with van der Waals surface area (Å²) in [5, 5.41) is 2.19. The van der Waals surface area contributed by atoms with E-state index in [9.17, 15) is 9.59 Å². The van der Waals surface area contributed by atoms with Crippen LogP contribution in [-0.4, -0.2) is 11.8 Å². The van der Waals surface area contributed by atoms with E-state index in [0.29, 0.717) is 5.57 Å². The molecule has 0 aliphatic carbocycles. The Morgan fingerprint density at radius 3 is 2.40 bits per heavy atom. The zero-order valence-corrected chi connectivity index (χ0v) is 6.94. The van der Waals surface area contributed by atoms with Gasteiger partial charge in [0.25, 0.3) is 5.91 Å². The first-order chi connectivity index (χ1) is 4.66. The molecular formula is C6H6BrNO2. The number of hydrogen-bond donors (Lipinski definition) is 1. The van der Waals surface area contributed by atoms with Crippen LogP contribution in [0, 0.1) is 5.92 Å². The average molecular weight is 204 g/mol. The van der Waals surface area contributed by atoms with Crippen LogP contribution in [0.3, 0.4) is 0 Å². The first-order valence-electron chi connectivity index (χ1n) is 2.82. The molecular weight excluding hydrogens is 198 g/mol. The number of nitrogens with one attached hydrogen (secondary N) is 1. The van der Waals surface area contributed by atoms with E-state index in [4.69, 9.17) is 0 Å². The van der Waals surface area contributed by atoms with Gasteiger partial charge in [-0.05, 0) is 11.9 Å². The number of carbonyl (C=O) groups is 2. The average Bonchev–Trinajstić information content (AvgIpc) is 2.09. The van der Waals surface area contributed by atoms with E-state index in [1.165, 1.54) is 4.99 Å². The van der Waals surface area contributed by atoms with Crippen molar-refractivity contribution in [2.75, 3.05) is 0 Å². The highest BCUT2D eigenvalue weighted by atomic mass is 79.9. The quantitative estimate of drug-likeness (QED) is 0.462. The molecule has 0 spiro atoms. The number of amides is 2. The molecule has 2 amide bonds. The van der Waals surface area contributed by atoms with Gasteiger partial charge in [0.2, 0.25) is 5.91 Å². The Balaban J connectivity index is 2.95. The second-order valence-corrected chi connectivity index (χ2v) is 2.56. The van der Waals surface area contributed by atoms with Gasteiger partial charge in [-0.15, -0.1) is 0 Å². The van der Waals surface area contributed by atoms with E-state index in [1.807, 2.05) is 0 Å². The van der Waals surface area contributed by atoms with E-state index in [2.05, 4.69) is 21.2 Å². The number of carbonyl (C=O) groups excluding carboxylic acids is 2. The molecule has 0 bridgehead atoms. The van der Waals surface area contributed by atoms with Gasteiger partial charge in [-0.2, -0.15) is 0 Å². The molecule has 1 heterocycles. The van der Waals surface area contributed by atoms with Crippen molar-refractivity contribution >= 4 is 27.7 Å². The van der Waals surface area contributed by atoms with Gasteiger partial charge in [-0.1, -0.05) is 15.9 Å². The molecule has 0 aromatic heterocycles. The van der Waals surface area contributed by atoms with Gasteiger partial charge in [0, 0.05) is 5.57 Å². The van der Waals surface area contributed by atoms with Crippen LogP contribution >= 0.6 is 15.9 Å². The molecule has 1 N–H and O–H groups in total. The molecule has 1 aliphatic heterocycles. The van der Waals surface area contributed by atoms with Crippen LogP contribution in [0.15, 0.2) is 10.6 Å². The van der Waals surface area contributed by atoms with Gasteiger partial charge in [0.15, 0.2) is 0 Å². The third-order valence-electron chi connectivity index (χ3n) is 1.48. The van der Waals surface area contributed by atoms with Gasteiger partial charge in [-0.25, -0.2) is 0 Å². The lowest BCUT2D eigenvalue weighted by Gasteiger charge is -1.93. The summed E-state index contributed by atoms with van der Waals surface area (Å²) in [6, 6.07) is 0. The van der Waals surface area contributed by atoms with Gasteiger partial charge < -0.3 is 0 Å². The summed E-state index contributed by atoms with van der Waals surface area (Å²) in [5.74, 6) is -0.836. The largest absolute Gasteiger partial charge is 0.292 e. The summed E-state index contributed by atoms with van der Waals surface area (Å²) in [5.41, 5.74) is 0.491. The Morgan fingerprint density at radius 2 is 2.20 bits per heavy atom. The summed E-state index contributed by atoms with van der Waals surface area (Å²) >= 11 is 3.01. The molecule has 1 atom stereocenters. The van der Waals surface area contributed by atoms with Crippen molar-refractivity contribution in [2.24, 2.45) is 5.92 Å². The predicted octanol–water partition coefficient (Wildman–Crippen LogP) is 0.558. The lowest BCUT2D eigenvalue weighted by molar-refractivity contribution is -0.125. The van der Waals surface area contributed by atoms with E-state index in [1.54, 1.807) is 6.92 Å². The Hall–Kier alpha value is -0.640. The van der Waals surface area contributed by atoms with Crippen molar-refractivity contribution in [2.45, 2.75) is 6.92 Å². The monoisotopic (exact) mass is 203 g/mol. The fourth-order valence-electron chi connectivity index (χ4n) is 0.774. The fourth-order valence-corrected chi connectivity index (χ4v) is 1.38. The van der Waals surface area contributed by atoms with Crippen molar-refractivity contribution in [1.29, 1.82) is 0 Å². The lowest BCUT2D eigenvalue weighted by Crippen LogP contribution is -2.21. The van der Waals surface area contributed by atoms with E-state index < -0.39 is 0 Å². The SMILES string of the molecule is CC1C(=O)NC(=O)C1=CBr. The summed E-state index contributed by atoms with van der Waals surface area (Å²) in [4.78, 5) is 23.0. The highest BCUT2D eigenvalue weighted by molar-refractivity contribution is 9.11. The van der Waals surface area contributed by atoms with Crippen molar-refractivity contribution in [3.8, 4) is 0 Å². The second-order valence-electron chi connectivity index (χ2n) is 2.10. The predicted molar refractivity (Wildman–Crippen MR) is 39.3 cm³/mol. The van der Waals surface area contributed by atoms with Gasteiger partial charge in [0.1, 0.15) is 0 Å². The van der Waals surface area contributed by atoms with Crippen LogP contribution in [0.1, 0.15) is 6.92 Å². The number of imide groups is 1. The molecule has 0 aromatic carbocycles. The van der Waals surface area contributed by atoms with Gasteiger partial charge >= 0.3 is 0 Å². The summed E-state index contributed by atoms with van der Waals surface area (Å²) < 4.78 is 0. The maximum Gasteiger partial charge on any atom is 0.255 e. The molecule has 1 saturated heterocycles. The van der Waals surface area contributed by atoms with Crippen LogP contribution in [0.4, 0.5) is 0 Å². The molecule has 1 fully saturated rings. The van der Waals surface area contributed by atoms with Crippen LogP contribution in [0.25, 0.3) is 0 Å². The van der Waals surface area contributed by atoms with Gasteiger partial charge in [-0.3, -0.25) is 14.9 Å². The molecule has 3 nitrogen and oxygen atoms in total. The molecule has 10 heavy (non-hydrogen) atoms. The molecule has 1 aliphatic rings. The van der Waals surface area contributed by atoms with E-state index >= 15 is 0 Å². The maximum absolute atomic E-state index is 10.8. The third kappa shape index (κ3) is 0.988. The van der Waals surface area contributed by atoms with Crippen molar-refractivity contribution in [3.63, 3.8) is 0 Å². The molecule has 54 valence electrons. The number of halogens is 1. The summed E-state index contributed by atoms with van der Waals surface area (Å²) in [7, 11) is 0. The molecule has 0 radical (unpaired) electrons. The maximum atomic E-state index is 10.8. The van der Waals surface area contributed by atoms with Crippen molar-refractivity contribution < 1.29 is 9.59 Å². The summed E-state index contributed by atoms with van der Waals surface area (Å²) in [6.45, 7) is 1.69. The molecule has 0 saturated carbocycles. The minimum absolute atomic E-state index is 0.226. The topological polar surface area (TPSA) is 46.2 Å². The molecule has 4 heteroatoms. The minimum Gasteiger partial charge on any atom is -0.292 e. The standard InChI is InChI=1S/C6H6BrNO2/c1-3-4(2-7)6(10)8-5(3)9/h2-3H,1H3,(H,8,9,10). The van der Waals surface area contributed by atoms with Crippen LogP contribution in [0.5, 0.6) is 0 Å². The van der Waals surface area contributed by atoms with Gasteiger partial charge in [0.05, 0.1) is 5.92 Å². The van der Waals surface area contributed by atoms with Crippen LogP contribution < -0.4 is 5.32 Å². The molecule has 0 aromatic rings. The first kappa shape index (κ1) is 7.47. The smallest absolute Gasteiger partial charge is 0.255 e. The molecule has 1 unspecified atom stereocenters. The second kappa shape index (κ2) is 2.54. The highest BCUT2D eigenvalue weighted by Crippen LogP contribution is 2.18. The lowest BCUT2D eigenvalue weighted by atomic mass is 10.1. The zero-order chi connectivity index (χ0) is 7.72. The van der Waals surface area contributed by atoms with Crippen LogP contribution in [0.2, 0.25) is 0 Å². The first-order valence-corrected chi connectivity index (χ1v) is 3.74. The number of hydrogen-bond acceptors (Lipinski definition) is 2. The number of rotatable bonds is 0. The highest BCUT2D eigenvalue weighted by Gasteiger charge is 2.31. The Bertz CT molecular complexity index is 222. The fraction of sp³-hybridized carbons (Fsp3) is 0.333. The Morgan fingerprint density at radius 1 is 1.60 bits per heavy atom. The normalized spacial score (nSPS) is 29.4. The Kier molecular flexibility index (Phi) is 1.89. The third-order valence-corrected chi connectivity index (χ3v) is 1.97.